The number of benzene rings is 15. The molecule has 4 heteroatoms. The number of nitrogens with zero attached hydrogens (tertiary/aromatic N) is 4. The predicted molar refractivity (Wildman–Crippen MR) is 516 cm³/mol. The Labute approximate surface area is 694 Å². The summed E-state index contributed by atoms with van der Waals surface area (Å²) < 4.78 is 0. The zero-order valence-corrected chi connectivity index (χ0v) is 72.7. The monoisotopic (exact) mass is 1530 g/mol. The minimum absolute atomic E-state index is 0. The van der Waals surface area contributed by atoms with E-state index in [1.165, 1.54) is 243 Å². The fourth-order valence-corrected chi connectivity index (χ4v) is 17.0. The van der Waals surface area contributed by atoms with Crippen molar-refractivity contribution in [3.63, 3.8) is 0 Å². The highest BCUT2D eigenvalue weighted by atomic mass is 15.1. The molecule has 0 aliphatic heterocycles. The molecule has 0 amide bonds. The summed E-state index contributed by atoms with van der Waals surface area (Å²) in [6.45, 7) is 52.5. The lowest BCUT2D eigenvalue weighted by Crippen LogP contribution is -2.21. The Morgan fingerprint density at radius 1 is 0.174 bits per heavy atom. The van der Waals surface area contributed by atoms with Gasteiger partial charge in [-0.2, -0.15) is 0 Å². The van der Waals surface area contributed by atoms with E-state index in [-0.39, 0.29) is 7.43 Å². The van der Waals surface area contributed by atoms with Gasteiger partial charge in [-0.05, 0) is 269 Å². The van der Waals surface area contributed by atoms with Gasteiger partial charge in [0.25, 0.3) is 0 Å². The van der Waals surface area contributed by atoms with Gasteiger partial charge in [-0.25, -0.2) is 0 Å². The highest BCUT2D eigenvalue weighted by molar-refractivity contribution is 6.19. The first-order valence-corrected chi connectivity index (χ1v) is 43.6. The summed E-state index contributed by atoms with van der Waals surface area (Å²) in [6.07, 6.45) is 4.23. The first-order valence-electron chi connectivity index (χ1n) is 43.6. The van der Waals surface area contributed by atoms with Crippen LogP contribution in [0.1, 0.15) is 177 Å². The van der Waals surface area contributed by atoms with E-state index in [4.69, 9.17) is 0 Å². The molecule has 15 aromatic carbocycles. The quantitative estimate of drug-likeness (QED) is 0.113. The molecule has 0 aromatic heterocycles. The topological polar surface area (TPSA) is 13.0 Å². The van der Waals surface area contributed by atoms with E-state index < -0.39 is 0 Å². The van der Waals surface area contributed by atoms with Crippen molar-refractivity contribution in [3.8, 4) is 44.5 Å². The molecule has 19 rings (SSSR count). The molecule has 0 radical (unpaired) electrons. The van der Waals surface area contributed by atoms with Gasteiger partial charge in [0.05, 0.1) is 0 Å². The van der Waals surface area contributed by atoms with Crippen molar-refractivity contribution in [3.05, 3.63) is 324 Å². The lowest BCUT2D eigenvalue weighted by atomic mass is 9.92. The summed E-state index contributed by atoms with van der Waals surface area (Å²) in [7, 11) is 0. The summed E-state index contributed by atoms with van der Waals surface area (Å²) in [5, 5.41) is 19.3. The van der Waals surface area contributed by atoms with Crippen molar-refractivity contribution >= 4 is 75.4 Å². The molecule has 600 valence electrons. The van der Waals surface area contributed by atoms with Gasteiger partial charge in [-0.1, -0.05) is 411 Å². The van der Waals surface area contributed by atoms with Crippen molar-refractivity contribution in [1.29, 1.82) is 0 Å². The summed E-state index contributed by atoms with van der Waals surface area (Å²) in [4.78, 5) is 9.50. The Balaban J connectivity index is 0.000000170. The van der Waals surface area contributed by atoms with Crippen LogP contribution in [0.2, 0.25) is 0 Å². The van der Waals surface area contributed by atoms with E-state index in [2.05, 4.69) is 382 Å². The Bertz CT molecular complexity index is 5250. The van der Waals surface area contributed by atoms with Crippen LogP contribution in [0, 0.1) is 0 Å². The lowest BCUT2D eigenvalue weighted by molar-refractivity contribution is 0.321. The Hall–Kier alpha value is -10.0. The van der Waals surface area contributed by atoms with Crippen LogP contribution in [0.4, 0.5) is 0 Å². The highest BCUT2D eigenvalue weighted by Gasteiger charge is 2.27. The summed E-state index contributed by atoms with van der Waals surface area (Å²) >= 11 is 0. The summed E-state index contributed by atoms with van der Waals surface area (Å²) in [5.41, 5.74) is 23.2. The summed E-state index contributed by atoms with van der Waals surface area (Å²) in [6, 6.07) is 101. The average Bonchev–Trinajstić information content (AvgIpc) is 1.62. The second kappa shape index (κ2) is 46.5. The molecule has 0 spiro atoms. The highest BCUT2D eigenvalue weighted by Crippen LogP contribution is 2.49. The molecular formula is C111H136N4. The molecule has 0 saturated carbocycles. The van der Waals surface area contributed by atoms with Crippen molar-refractivity contribution in [1.82, 2.24) is 19.6 Å². The van der Waals surface area contributed by atoms with Gasteiger partial charge >= 0.3 is 0 Å². The van der Waals surface area contributed by atoms with E-state index in [9.17, 15) is 0 Å². The van der Waals surface area contributed by atoms with E-state index in [1.54, 1.807) is 0 Å². The van der Waals surface area contributed by atoms with Gasteiger partial charge in [0, 0.05) is 0 Å². The third kappa shape index (κ3) is 21.0. The third-order valence-electron chi connectivity index (χ3n) is 23.2. The number of hydrogen-bond donors (Lipinski definition) is 0. The number of hydrogen-bond acceptors (Lipinski definition) is 4. The lowest BCUT2D eigenvalue weighted by Gasteiger charge is -2.13. The van der Waals surface area contributed by atoms with Gasteiger partial charge in [-0.3, -0.25) is 0 Å². The van der Waals surface area contributed by atoms with Crippen LogP contribution in [0.15, 0.2) is 279 Å². The Kier molecular flexibility index (Phi) is 36.6. The van der Waals surface area contributed by atoms with Gasteiger partial charge in [0.2, 0.25) is 0 Å². The van der Waals surface area contributed by atoms with E-state index >= 15 is 0 Å². The molecule has 0 atom stereocenters. The third-order valence-corrected chi connectivity index (χ3v) is 23.2. The van der Waals surface area contributed by atoms with E-state index in [0.717, 1.165) is 25.7 Å². The molecule has 0 N–H and O–H groups in total. The first-order chi connectivity index (χ1) is 56.1. The van der Waals surface area contributed by atoms with Gasteiger partial charge < -0.3 is 19.6 Å². The van der Waals surface area contributed by atoms with Crippen molar-refractivity contribution in [2.75, 3.05) is 78.5 Å². The van der Waals surface area contributed by atoms with Crippen LogP contribution in [0.5, 0.6) is 0 Å². The smallest absolute Gasteiger partial charge is 0.000705 e. The Morgan fingerprint density at radius 3 is 0.765 bits per heavy atom. The molecule has 4 aliphatic carbocycles. The first kappa shape index (κ1) is 90.5. The zero-order valence-electron chi connectivity index (χ0n) is 72.7. The molecule has 0 saturated heterocycles. The molecule has 4 aliphatic rings. The average molecular weight is 1530 g/mol. The number of rotatable bonds is 12. The van der Waals surface area contributed by atoms with Crippen molar-refractivity contribution < 1.29 is 0 Å². The van der Waals surface area contributed by atoms with Crippen LogP contribution in [0.25, 0.3) is 120 Å². The molecule has 0 bridgehead atoms. The minimum Gasteiger partial charge on any atom is -0.304 e. The molecular weight excluding hydrogens is 1390 g/mol. The maximum atomic E-state index is 2.38. The normalized spacial score (nSPS) is 11.4. The van der Waals surface area contributed by atoms with Crippen LogP contribution in [-0.2, 0) is 25.7 Å². The SMILES string of the molecule is C.CC.CC.CC.CCN(CC)CC.CCN(CC)CC.CCN(CC)CC.CCN(CC)CC.c1ccc2c(c1)Cc1c-2c2ccccc2c2ccccc12.c1ccc2c(c1)Cc1c-2c2ccccc2c2ccccc12.c1ccc2c(c1)Cc1c-2ccc2ccccc12.c1ccc2c3c(ccc2c1)-c1c(ccc2ccccc12)C3. The van der Waals surface area contributed by atoms with Crippen molar-refractivity contribution in [2.24, 2.45) is 0 Å². The maximum absolute atomic E-state index is 2.38. The largest absolute Gasteiger partial charge is 0.304 e. The van der Waals surface area contributed by atoms with Crippen LogP contribution < -0.4 is 0 Å². The van der Waals surface area contributed by atoms with Crippen LogP contribution in [0.3, 0.4) is 0 Å². The fourth-order valence-electron chi connectivity index (χ4n) is 17.0. The molecule has 0 unspecified atom stereocenters. The fraction of sp³-hybridized carbons (Fsp3) is 0.315. The number of fused-ring (bicyclic) bond motifs is 28. The van der Waals surface area contributed by atoms with Gasteiger partial charge in [-0.15, -0.1) is 0 Å². The molecule has 15 aromatic rings. The maximum Gasteiger partial charge on any atom is -0.000705 e. The second-order valence-electron chi connectivity index (χ2n) is 28.5. The molecule has 0 heterocycles. The van der Waals surface area contributed by atoms with Crippen LogP contribution >= 0.6 is 0 Å². The molecule has 4 nitrogen and oxygen atoms in total. The van der Waals surface area contributed by atoms with Gasteiger partial charge in [0.15, 0.2) is 0 Å². The van der Waals surface area contributed by atoms with E-state index in [1.807, 2.05) is 41.5 Å². The standard InChI is InChI=1S/3C21H14.C17H12.4C6H15N.3C2H6.CH4/c1-3-7-17-14(5-1)11-12-19-20(17)13-16-10-9-15-6-2-4-8-18(15)21(16)19;2*1-2-8-15-14(7-1)13-20-18-11-4-3-9-16(18)17-10-5-6-12-19(17)21(15)20;1-3-7-14-12(5-1)9-10-16-15-8-4-2-6-13(15)11-17(14)16;4*1-4-7(5-2)6-3;3*1-2;/h3*1-12H,13H2;1-10H,11H2;4*4-6H2,1-3H3;3*1-2H3;1H4. The molecule has 0 fully saturated rings. The predicted octanol–water partition coefficient (Wildman–Crippen LogP) is 30.2. The Morgan fingerprint density at radius 2 is 0.409 bits per heavy atom. The minimum atomic E-state index is 0. The summed E-state index contributed by atoms with van der Waals surface area (Å²) in [5.74, 6) is 0. The van der Waals surface area contributed by atoms with E-state index in [0.29, 0.717) is 0 Å². The van der Waals surface area contributed by atoms with Crippen LogP contribution in [-0.4, -0.2) is 98.1 Å². The van der Waals surface area contributed by atoms with Gasteiger partial charge in [0.1, 0.15) is 0 Å². The second-order valence-corrected chi connectivity index (χ2v) is 28.5. The zero-order chi connectivity index (χ0) is 81.5. The van der Waals surface area contributed by atoms with Crippen molar-refractivity contribution in [2.45, 2.75) is 158 Å². The molecule has 115 heavy (non-hydrogen) atoms.